The fourth-order valence-electron chi connectivity index (χ4n) is 1.47. The van der Waals surface area contributed by atoms with Crippen molar-refractivity contribution in [2.24, 2.45) is 5.14 Å². The van der Waals surface area contributed by atoms with E-state index in [4.69, 9.17) is 26.2 Å². The predicted octanol–water partition coefficient (Wildman–Crippen LogP) is 2.33. The van der Waals surface area contributed by atoms with E-state index in [1.807, 2.05) is 6.92 Å². The van der Waals surface area contributed by atoms with Gasteiger partial charge in [0.2, 0.25) is 10.0 Å². The second-order valence-electron chi connectivity index (χ2n) is 4.18. The molecule has 0 heterocycles. The van der Waals surface area contributed by atoms with E-state index in [1.165, 1.54) is 6.07 Å². The summed E-state index contributed by atoms with van der Waals surface area (Å²) in [6.45, 7) is 4.20. The van der Waals surface area contributed by atoms with Gasteiger partial charge in [-0.1, -0.05) is 11.6 Å². The lowest BCUT2D eigenvalue weighted by atomic mass is 10.2. The molecule has 1 rings (SSSR count). The average Bonchev–Trinajstić information content (AvgIpc) is 2.34. The summed E-state index contributed by atoms with van der Waals surface area (Å²) in [6.07, 6.45) is -0.491. The number of hydrogen-bond donors (Lipinski definition) is 1. The number of sulfonamides is 1. The first-order valence-corrected chi connectivity index (χ1v) is 8.69. The first-order chi connectivity index (χ1) is 9.66. The molecule has 1 aromatic rings. The van der Waals surface area contributed by atoms with Gasteiger partial charge in [-0.25, -0.2) is 18.4 Å². The van der Waals surface area contributed by atoms with Gasteiger partial charge in [0.15, 0.2) is 0 Å². The molecule has 2 N–H and O–H groups in total. The fraction of sp³-hybridized carbons (Fsp3) is 0.417. The number of carbonyl (C=O) groups excluding carboxylic acids is 1. The fourth-order valence-corrected chi connectivity index (χ4v) is 3.47. The summed E-state index contributed by atoms with van der Waals surface area (Å²) < 4.78 is 33.3. The Kier molecular flexibility index (Phi) is 6.61. The molecule has 0 radical (unpaired) electrons. The number of rotatable bonds is 6. The summed E-state index contributed by atoms with van der Waals surface area (Å²) >= 11 is 8.97. The van der Waals surface area contributed by atoms with Crippen molar-refractivity contribution in [3.63, 3.8) is 0 Å². The van der Waals surface area contributed by atoms with Gasteiger partial charge in [-0.15, -0.1) is 0 Å². The highest BCUT2D eigenvalue weighted by Crippen LogP contribution is 2.29. The van der Waals surface area contributed by atoms with Crippen LogP contribution in [0.4, 0.5) is 0 Å². The molecule has 0 aliphatic carbocycles. The SMILES string of the molecule is CCOCC(C)OC(=O)c1cc(S(N)(=O)=O)c(Br)cc1Cl. The number of carbonyl (C=O) groups is 1. The second kappa shape index (κ2) is 7.55. The lowest BCUT2D eigenvalue weighted by Gasteiger charge is -2.14. The van der Waals surface area contributed by atoms with Gasteiger partial charge in [-0.3, -0.25) is 0 Å². The summed E-state index contributed by atoms with van der Waals surface area (Å²) in [4.78, 5) is 11.8. The molecule has 9 heteroatoms. The van der Waals surface area contributed by atoms with Gasteiger partial charge >= 0.3 is 5.97 Å². The zero-order chi connectivity index (χ0) is 16.2. The molecule has 0 aromatic heterocycles. The Balaban J connectivity index is 3.05. The Morgan fingerprint density at radius 2 is 2.10 bits per heavy atom. The third-order valence-electron chi connectivity index (χ3n) is 2.41. The van der Waals surface area contributed by atoms with E-state index in [-0.39, 0.29) is 26.6 Å². The van der Waals surface area contributed by atoms with Gasteiger partial charge in [-0.2, -0.15) is 0 Å². The maximum absolute atomic E-state index is 12.0. The van der Waals surface area contributed by atoms with Crippen molar-refractivity contribution in [3.05, 3.63) is 27.2 Å². The molecule has 0 saturated carbocycles. The zero-order valence-corrected chi connectivity index (χ0v) is 14.6. The van der Waals surface area contributed by atoms with Crippen LogP contribution in [-0.4, -0.2) is 33.7 Å². The largest absolute Gasteiger partial charge is 0.457 e. The molecule has 0 aliphatic heterocycles. The van der Waals surface area contributed by atoms with Crippen molar-refractivity contribution in [2.75, 3.05) is 13.2 Å². The molecule has 0 saturated heterocycles. The molecule has 0 bridgehead atoms. The van der Waals surface area contributed by atoms with E-state index < -0.39 is 22.1 Å². The molecule has 1 atom stereocenters. The normalized spacial score (nSPS) is 13.0. The average molecular weight is 401 g/mol. The van der Waals surface area contributed by atoms with Crippen LogP contribution < -0.4 is 5.14 Å². The minimum Gasteiger partial charge on any atom is -0.457 e. The highest BCUT2D eigenvalue weighted by atomic mass is 79.9. The summed E-state index contributed by atoms with van der Waals surface area (Å²) in [5.74, 6) is -0.746. The van der Waals surface area contributed by atoms with Crippen LogP contribution in [0.15, 0.2) is 21.5 Å². The van der Waals surface area contributed by atoms with E-state index in [0.717, 1.165) is 6.07 Å². The number of ether oxygens (including phenoxy) is 2. The van der Waals surface area contributed by atoms with Crippen LogP contribution in [0.1, 0.15) is 24.2 Å². The molecule has 0 aliphatic rings. The second-order valence-corrected chi connectivity index (χ2v) is 6.97. The standard InChI is InChI=1S/C12H15BrClNO5S/c1-3-19-6-7(2)20-12(16)8-4-11(21(15,17)18)9(13)5-10(8)14/h4-5,7H,3,6H2,1-2H3,(H2,15,17,18). The van der Waals surface area contributed by atoms with Crippen LogP contribution in [0.3, 0.4) is 0 Å². The summed E-state index contributed by atoms with van der Waals surface area (Å²) in [6, 6.07) is 2.36. The smallest absolute Gasteiger partial charge is 0.340 e. The first kappa shape index (κ1) is 18.4. The van der Waals surface area contributed by atoms with Crippen molar-refractivity contribution < 1.29 is 22.7 Å². The van der Waals surface area contributed by atoms with E-state index in [0.29, 0.717) is 6.61 Å². The van der Waals surface area contributed by atoms with Crippen LogP contribution in [0.2, 0.25) is 5.02 Å². The van der Waals surface area contributed by atoms with Crippen molar-refractivity contribution in [3.8, 4) is 0 Å². The minimum absolute atomic E-state index is 0.0582. The highest BCUT2D eigenvalue weighted by Gasteiger charge is 2.21. The molecule has 6 nitrogen and oxygen atoms in total. The number of nitrogens with two attached hydrogens (primary N) is 1. The Bertz CT molecular complexity index is 635. The highest BCUT2D eigenvalue weighted by molar-refractivity contribution is 9.10. The molecule has 1 unspecified atom stereocenters. The quantitative estimate of drug-likeness (QED) is 0.739. The summed E-state index contributed by atoms with van der Waals surface area (Å²) in [7, 11) is -3.99. The third kappa shape index (κ3) is 5.23. The Labute approximate surface area is 136 Å². The molecule has 0 spiro atoms. The summed E-state index contributed by atoms with van der Waals surface area (Å²) in [5.41, 5.74) is -0.0766. The minimum atomic E-state index is -3.99. The van der Waals surface area contributed by atoms with Gasteiger partial charge in [0.25, 0.3) is 0 Å². The number of halogens is 2. The molecular formula is C12H15BrClNO5S. The van der Waals surface area contributed by atoms with Crippen molar-refractivity contribution >= 4 is 43.5 Å². The van der Waals surface area contributed by atoms with Crippen LogP contribution in [0.25, 0.3) is 0 Å². The molecule has 0 fully saturated rings. The van der Waals surface area contributed by atoms with Gasteiger partial charge in [0.1, 0.15) is 6.10 Å². The Morgan fingerprint density at radius 3 is 2.62 bits per heavy atom. The number of hydrogen-bond acceptors (Lipinski definition) is 5. The molecule has 118 valence electrons. The molecular weight excluding hydrogens is 386 g/mol. The lowest BCUT2D eigenvalue weighted by Crippen LogP contribution is -2.21. The maximum Gasteiger partial charge on any atom is 0.340 e. The zero-order valence-electron chi connectivity index (χ0n) is 11.4. The van der Waals surface area contributed by atoms with Crippen LogP contribution >= 0.6 is 27.5 Å². The predicted molar refractivity (Wildman–Crippen MR) is 81.9 cm³/mol. The Hall–Kier alpha value is -0.670. The molecule has 21 heavy (non-hydrogen) atoms. The lowest BCUT2D eigenvalue weighted by molar-refractivity contribution is 0.00439. The van der Waals surface area contributed by atoms with Crippen molar-refractivity contribution in [1.82, 2.24) is 0 Å². The third-order valence-corrected chi connectivity index (χ3v) is 4.59. The van der Waals surface area contributed by atoms with Crippen molar-refractivity contribution in [1.29, 1.82) is 0 Å². The van der Waals surface area contributed by atoms with E-state index in [9.17, 15) is 13.2 Å². The monoisotopic (exact) mass is 399 g/mol. The van der Waals surface area contributed by atoms with E-state index in [2.05, 4.69) is 15.9 Å². The molecule has 0 amide bonds. The van der Waals surface area contributed by atoms with Gasteiger partial charge in [0, 0.05) is 11.1 Å². The van der Waals surface area contributed by atoms with E-state index in [1.54, 1.807) is 6.92 Å². The Morgan fingerprint density at radius 1 is 1.48 bits per heavy atom. The van der Waals surface area contributed by atoms with Crippen LogP contribution in [0, 0.1) is 0 Å². The van der Waals surface area contributed by atoms with Gasteiger partial charge < -0.3 is 9.47 Å². The molecule has 1 aromatic carbocycles. The van der Waals surface area contributed by atoms with E-state index >= 15 is 0 Å². The summed E-state index contributed by atoms with van der Waals surface area (Å²) in [5, 5.41) is 5.13. The topological polar surface area (TPSA) is 95.7 Å². The van der Waals surface area contributed by atoms with Crippen LogP contribution in [-0.2, 0) is 19.5 Å². The number of benzene rings is 1. The van der Waals surface area contributed by atoms with Gasteiger partial charge in [0.05, 0.1) is 22.1 Å². The number of primary sulfonamides is 1. The number of esters is 1. The maximum atomic E-state index is 12.0. The van der Waals surface area contributed by atoms with Gasteiger partial charge in [-0.05, 0) is 41.9 Å². The van der Waals surface area contributed by atoms with Crippen LogP contribution in [0.5, 0.6) is 0 Å². The first-order valence-electron chi connectivity index (χ1n) is 5.97. The van der Waals surface area contributed by atoms with Crippen molar-refractivity contribution in [2.45, 2.75) is 24.8 Å².